The van der Waals surface area contributed by atoms with E-state index in [2.05, 4.69) is 0 Å². The van der Waals surface area contributed by atoms with Crippen LogP contribution in [0.5, 0.6) is 11.5 Å². The van der Waals surface area contributed by atoms with Crippen molar-refractivity contribution in [3.05, 3.63) is 23.8 Å². The molecule has 3 atom stereocenters. The van der Waals surface area contributed by atoms with Crippen LogP contribution in [0.1, 0.15) is 78.7 Å². The Hall–Kier alpha value is -3.34. The number of nitrogens with two attached hydrogens (primary N) is 1. The summed E-state index contributed by atoms with van der Waals surface area (Å²) >= 11 is 0. The molecule has 1 rings (SSSR count). The second-order valence-corrected chi connectivity index (χ2v) is 8.79. The Kier molecular flexibility index (Phi) is 15.5. The second kappa shape index (κ2) is 18.0. The third-order valence-electron chi connectivity index (χ3n) is 5.32. The Morgan fingerprint density at radius 2 is 1.34 bits per heavy atom. The van der Waals surface area contributed by atoms with Crippen molar-refractivity contribution in [1.82, 2.24) is 0 Å². The van der Waals surface area contributed by atoms with Gasteiger partial charge in [0.1, 0.15) is 18.2 Å². The van der Waals surface area contributed by atoms with Crippen LogP contribution in [0.4, 0.5) is 9.59 Å². The van der Waals surface area contributed by atoms with Crippen molar-refractivity contribution in [2.45, 2.75) is 97.8 Å². The van der Waals surface area contributed by atoms with Gasteiger partial charge in [-0.15, -0.1) is 0 Å². The van der Waals surface area contributed by atoms with Crippen LogP contribution >= 0.6 is 0 Å². The largest absolute Gasteiger partial charge is 0.513 e. The molecule has 0 aliphatic rings. The summed E-state index contributed by atoms with van der Waals surface area (Å²) in [6.07, 6.45) is 0.686. The van der Waals surface area contributed by atoms with Gasteiger partial charge in [-0.2, -0.15) is 0 Å². The molecule has 0 heterocycles. The predicted octanol–water partition coefficient (Wildman–Crippen LogP) is 4.85. The minimum atomic E-state index is -1.06. The number of unbranched alkanes of at least 4 members (excludes halogenated alkanes) is 2. The fourth-order valence-corrected chi connectivity index (χ4v) is 2.95. The lowest BCUT2D eigenvalue weighted by Gasteiger charge is -2.22. The smallest absolute Gasteiger partial charge is 0.459 e. The molecule has 0 aromatic heterocycles. The molecule has 38 heavy (non-hydrogen) atoms. The summed E-state index contributed by atoms with van der Waals surface area (Å²) in [7, 11) is 0. The summed E-state index contributed by atoms with van der Waals surface area (Å²) in [5, 5.41) is 0. The lowest BCUT2D eigenvalue weighted by Crippen LogP contribution is -2.39. The molecular formula is C27H41NO10. The molecule has 0 unspecified atom stereocenters. The maximum atomic E-state index is 12.5. The number of hydrogen-bond donors (Lipinski definition) is 1. The first kappa shape index (κ1) is 32.7. The highest BCUT2D eigenvalue weighted by Gasteiger charge is 2.25. The van der Waals surface area contributed by atoms with Crippen LogP contribution in [0, 0.1) is 0 Å². The molecule has 1 aromatic rings. The van der Waals surface area contributed by atoms with E-state index in [0.717, 1.165) is 12.8 Å². The molecule has 0 amide bonds. The first-order chi connectivity index (χ1) is 18.1. The Labute approximate surface area is 224 Å². The molecule has 0 fully saturated rings. The lowest BCUT2D eigenvalue weighted by molar-refractivity contribution is -0.166. The van der Waals surface area contributed by atoms with Crippen molar-refractivity contribution in [2.24, 2.45) is 5.73 Å². The van der Waals surface area contributed by atoms with Crippen LogP contribution in [-0.2, 0) is 35.0 Å². The number of carbonyl (C=O) groups excluding carboxylic acids is 4. The van der Waals surface area contributed by atoms with Crippen LogP contribution in [0.25, 0.3) is 0 Å². The van der Waals surface area contributed by atoms with Crippen LogP contribution in [0.3, 0.4) is 0 Å². The first-order valence-corrected chi connectivity index (χ1v) is 13.1. The van der Waals surface area contributed by atoms with Gasteiger partial charge in [-0.1, -0.05) is 39.7 Å². The quantitative estimate of drug-likeness (QED) is 0.133. The third kappa shape index (κ3) is 12.8. The van der Waals surface area contributed by atoms with Gasteiger partial charge in [-0.05, 0) is 57.2 Å². The molecule has 0 aliphatic carbocycles. The average Bonchev–Trinajstić information content (AvgIpc) is 2.85. The Bertz CT molecular complexity index is 904. The molecular weight excluding hydrogens is 498 g/mol. The minimum absolute atomic E-state index is 0.0258. The summed E-state index contributed by atoms with van der Waals surface area (Å²) in [6, 6.07) is 3.32. The number of rotatable bonds is 16. The number of hydrogen-bond acceptors (Lipinski definition) is 11. The van der Waals surface area contributed by atoms with E-state index in [1.54, 1.807) is 19.9 Å². The molecule has 11 nitrogen and oxygen atoms in total. The number of esters is 2. The van der Waals surface area contributed by atoms with Crippen LogP contribution < -0.4 is 15.2 Å². The molecule has 0 saturated heterocycles. The average molecular weight is 540 g/mol. The number of ether oxygens (including phenoxy) is 6. The fourth-order valence-electron chi connectivity index (χ4n) is 2.95. The molecule has 0 spiro atoms. The van der Waals surface area contributed by atoms with Gasteiger partial charge in [-0.25, -0.2) is 9.59 Å². The molecule has 0 bridgehead atoms. The molecule has 1 aromatic carbocycles. The third-order valence-corrected chi connectivity index (χ3v) is 5.32. The zero-order valence-corrected chi connectivity index (χ0v) is 23.0. The van der Waals surface area contributed by atoms with Crippen molar-refractivity contribution in [1.29, 1.82) is 0 Å². The van der Waals surface area contributed by atoms with Crippen LogP contribution in [0.15, 0.2) is 18.2 Å². The standard InChI is InChI=1S/C27H41NO10/c1-6-9-14-33-26(31)37-22-13-12-20(17-23(22)38-27(32)34-15-10-7-2)16-21(28)25(30)36-19(5)18(4)35-24(29)11-8-3/h12-13,17-19,21H,6-11,14-16,28H2,1-5H3/t18-,19-,21-/m0/s1. The summed E-state index contributed by atoms with van der Waals surface area (Å²) in [4.78, 5) is 48.4. The number of benzene rings is 1. The predicted molar refractivity (Wildman–Crippen MR) is 138 cm³/mol. The summed E-state index contributed by atoms with van der Waals surface area (Å²) < 4.78 is 31.1. The Balaban J connectivity index is 2.89. The van der Waals surface area contributed by atoms with Gasteiger partial charge in [0.25, 0.3) is 0 Å². The zero-order valence-electron chi connectivity index (χ0n) is 23.0. The molecule has 0 radical (unpaired) electrons. The van der Waals surface area contributed by atoms with Crippen molar-refractivity contribution in [3.8, 4) is 11.5 Å². The van der Waals surface area contributed by atoms with E-state index in [0.29, 0.717) is 24.8 Å². The second-order valence-electron chi connectivity index (χ2n) is 8.79. The van der Waals surface area contributed by atoms with Gasteiger partial charge < -0.3 is 34.2 Å². The summed E-state index contributed by atoms with van der Waals surface area (Å²) in [6.45, 7) is 9.36. The van der Waals surface area contributed by atoms with E-state index >= 15 is 0 Å². The van der Waals surface area contributed by atoms with Crippen LogP contribution in [-0.4, -0.2) is 55.7 Å². The van der Waals surface area contributed by atoms with Gasteiger partial charge in [0.15, 0.2) is 11.5 Å². The van der Waals surface area contributed by atoms with E-state index in [1.165, 1.54) is 12.1 Å². The van der Waals surface area contributed by atoms with Gasteiger partial charge in [-0.3, -0.25) is 9.59 Å². The molecule has 2 N–H and O–H groups in total. The van der Waals surface area contributed by atoms with E-state index in [1.807, 2.05) is 20.8 Å². The fraction of sp³-hybridized carbons (Fsp3) is 0.630. The highest BCUT2D eigenvalue weighted by molar-refractivity contribution is 5.76. The van der Waals surface area contributed by atoms with Crippen molar-refractivity contribution in [2.75, 3.05) is 13.2 Å². The molecule has 0 saturated carbocycles. The lowest BCUT2D eigenvalue weighted by atomic mass is 10.1. The van der Waals surface area contributed by atoms with Gasteiger partial charge >= 0.3 is 24.2 Å². The van der Waals surface area contributed by atoms with Gasteiger partial charge in [0.2, 0.25) is 0 Å². The van der Waals surface area contributed by atoms with Crippen molar-refractivity contribution >= 4 is 24.2 Å². The van der Waals surface area contributed by atoms with Crippen molar-refractivity contribution < 1.29 is 47.6 Å². The zero-order chi connectivity index (χ0) is 28.5. The van der Waals surface area contributed by atoms with E-state index < -0.39 is 36.5 Å². The summed E-state index contributed by atoms with van der Waals surface area (Å²) in [5.41, 5.74) is 6.55. The normalized spacial score (nSPS) is 13.0. The SMILES string of the molecule is CCCCOC(=O)Oc1ccc(C[C@H](N)C(=O)O[C@@H](C)[C@H](C)OC(=O)CCC)cc1OC(=O)OCCCC. The summed E-state index contributed by atoms with van der Waals surface area (Å²) in [5.74, 6) is -1.22. The molecule has 0 aliphatic heterocycles. The highest BCUT2D eigenvalue weighted by atomic mass is 16.7. The van der Waals surface area contributed by atoms with E-state index in [9.17, 15) is 19.2 Å². The Morgan fingerprint density at radius 1 is 0.789 bits per heavy atom. The maximum absolute atomic E-state index is 12.5. The monoisotopic (exact) mass is 539 g/mol. The van der Waals surface area contributed by atoms with E-state index in [4.69, 9.17) is 34.2 Å². The van der Waals surface area contributed by atoms with Crippen LogP contribution in [0.2, 0.25) is 0 Å². The van der Waals surface area contributed by atoms with Gasteiger partial charge in [0.05, 0.1) is 13.2 Å². The number of carbonyl (C=O) groups is 4. The van der Waals surface area contributed by atoms with Crippen molar-refractivity contribution in [3.63, 3.8) is 0 Å². The first-order valence-electron chi connectivity index (χ1n) is 13.1. The topological polar surface area (TPSA) is 150 Å². The maximum Gasteiger partial charge on any atom is 0.513 e. The Morgan fingerprint density at radius 3 is 1.89 bits per heavy atom. The molecule has 214 valence electrons. The van der Waals surface area contributed by atoms with Gasteiger partial charge in [0, 0.05) is 6.42 Å². The highest BCUT2D eigenvalue weighted by Crippen LogP contribution is 2.30. The minimum Gasteiger partial charge on any atom is -0.459 e. The molecule has 11 heteroatoms. The van der Waals surface area contributed by atoms with E-state index in [-0.39, 0.29) is 43.5 Å².